The summed E-state index contributed by atoms with van der Waals surface area (Å²) in [4.78, 5) is 34.6. The fourth-order valence-corrected chi connectivity index (χ4v) is 1.74. The number of ether oxygens (including phenoxy) is 2. The monoisotopic (exact) mass is 284 g/mol. The highest BCUT2D eigenvalue weighted by Crippen LogP contribution is 2.10. The minimum absolute atomic E-state index is 0.0215. The molecular weight excluding hydrogens is 264 g/mol. The number of esters is 2. The summed E-state index contributed by atoms with van der Waals surface area (Å²) >= 11 is 0. The van der Waals surface area contributed by atoms with Crippen LogP contribution in [0.1, 0.15) is 39.5 Å². The number of aliphatic hydroxyl groups is 1. The molecular formula is C14H20O6. The van der Waals surface area contributed by atoms with Gasteiger partial charge in [0.2, 0.25) is 0 Å². The van der Waals surface area contributed by atoms with E-state index in [1.165, 1.54) is 13.0 Å². The molecule has 6 heteroatoms. The Morgan fingerprint density at radius 3 is 2.50 bits per heavy atom. The van der Waals surface area contributed by atoms with E-state index >= 15 is 0 Å². The Morgan fingerprint density at radius 1 is 1.10 bits per heavy atom. The third kappa shape index (κ3) is 5.97. The highest BCUT2D eigenvalue weighted by atomic mass is 16.5. The van der Waals surface area contributed by atoms with Crippen molar-refractivity contribution in [2.24, 2.45) is 0 Å². The number of hydrogen-bond acceptors (Lipinski definition) is 6. The molecule has 3 atom stereocenters. The maximum atomic E-state index is 11.7. The first kappa shape index (κ1) is 16.4. The molecule has 0 amide bonds. The van der Waals surface area contributed by atoms with Gasteiger partial charge in [0.15, 0.2) is 11.9 Å². The standard InChI is InChI=1S/C14H20O6/c1-9-3-4-11(15)5-7-14(18)20-10(2)12(16)6-8-13(17)19-9/h5,7,9-11,15H,3-4,6,8H2,1-2H3/b7-5+/t9-,10?,11-/m0/s1. The molecule has 0 saturated carbocycles. The van der Waals surface area contributed by atoms with Crippen LogP contribution in [0.15, 0.2) is 12.2 Å². The van der Waals surface area contributed by atoms with Crippen molar-refractivity contribution in [3.63, 3.8) is 0 Å². The lowest BCUT2D eigenvalue weighted by Gasteiger charge is -2.16. The van der Waals surface area contributed by atoms with Gasteiger partial charge in [0.25, 0.3) is 0 Å². The van der Waals surface area contributed by atoms with Gasteiger partial charge in [0.05, 0.1) is 18.6 Å². The lowest BCUT2D eigenvalue weighted by Crippen LogP contribution is -2.25. The van der Waals surface area contributed by atoms with E-state index in [0.29, 0.717) is 12.8 Å². The Morgan fingerprint density at radius 2 is 1.80 bits per heavy atom. The summed E-state index contributed by atoms with van der Waals surface area (Å²) in [6.45, 7) is 3.17. The Hall–Kier alpha value is -1.69. The van der Waals surface area contributed by atoms with Crippen molar-refractivity contribution in [1.29, 1.82) is 0 Å². The summed E-state index contributed by atoms with van der Waals surface area (Å²) in [6.07, 6.45) is 1.11. The first-order valence-electron chi connectivity index (χ1n) is 6.67. The molecule has 1 aliphatic heterocycles. The Bertz CT molecular complexity index is 400. The van der Waals surface area contributed by atoms with Gasteiger partial charge in [-0.1, -0.05) is 0 Å². The summed E-state index contributed by atoms with van der Waals surface area (Å²) in [6, 6.07) is 0. The molecule has 112 valence electrons. The van der Waals surface area contributed by atoms with E-state index < -0.39 is 24.1 Å². The van der Waals surface area contributed by atoms with E-state index in [0.717, 1.165) is 6.08 Å². The number of hydrogen-bond donors (Lipinski definition) is 1. The quantitative estimate of drug-likeness (QED) is 0.665. The molecule has 0 aromatic heterocycles. The predicted octanol–water partition coefficient (Wildman–Crippen LogP) is 0.910. The zero-order valence-corrected chi connectivity index (χ0v) is 11.7. The molecule has 1 heterocycles. The zero-order chi connectivity index (χ0) is 15.1. The molecule has 1 aliphatic rings. The van der Waals surface area contributed by atoms with Gasteiger partial charge in [0.1, 0.15) is 0 Å². The average Bonchev–Trinajstić information content (AvgIpc) is 2.39. The molecule has 0 aliphatic carbocycles. The number of carbonyl (C=O) groups excluding carboxylic acids is 3. The van der Waals surface area contributed by atoms with E-state index in [-0.39, 0.29) is 24.7 Å². The molecule has 6 nitrogen and oxygen atoms in total. The van der Waals surface area contributed by atoms with Gasteiger partial charge < -0.3 is 14.6 Å². The summed E-state index contributed by atoms with van der Waals surface area (Å²) in [7, 11) is 0. The van der Waals surface area contributed by atoms with Gasteiger partial charge in [-0.05, 0) is 32.8 Å². The van der Waals surface area contributed by atoms with Gasteiger partial charge in [-0.15, -0.1) is 0 Å². The third-order valence-corrected chi connectivity index (χ3v) is 2.98. The van der Waals surface area contributed by atoms with Gasteiger partial charge in [-0.3, -0.25) is 9.59 Å². The summed E-state index contributed by atoms with van der Waals surface area (Å²) in [5.74, 6) is -1.49. The number of Topliss-reactive ketones (excluding diaryl/α,β-unsaturated/α-hetero) is 1. The van der Waals surface area contributed by atoms with E-state index in [4.69, 9.17) is 9.47 Å². The molecule has 1 N–H and O–H groups in total. The highest BCUT2D eigenvalue weighted by Gasteiger charge is 2.20. The summed E-state index contributed by atoms with van der Waals surface area (Å²) in [5, 5.41) is 9.64. The van der Waals surface area contributed by atoms with Crippen molar-refractivity contribution in [3.8, 4) is 0 Å². The Balaban J connectivity index is 2.73. The SMILES string of the molecule is CC1OC(=O)/C=C/[C@@H](O)CC[C@H](C)OC(=O)CCC1=O. The lowest BCUT2D eigenvalue weighted by molar-refractivity contribution is -0.152. The van der Waals surface area contributed by atoms with Crippen LogP contribution in [0.2, 0.25) is 0 Å². The highest BCUT2D eigenvalue weighted by molar-refractivity contribution is 5.90. The van der Waals surface area contributed by atoms with Crippen molar-refractivity contribution >= 4 is 17.7 Å². The summed E-state index contributed by atoms with van der Waals surface area (Å²) < 4.78 is 9.99. The van der Waals surface area contributed by atoms with Crippen LogP contribution in [-0.4, -0.2) is 41.1 Å². The van der Waals surface area contributed by atoms with Gasteiger partial charge >= 0.3 is 11.9 Å². The molecule has 0 saturated heterocycles. The number of aliphatic hydroxyl groups excluding tert-OH is 1. The Labute approximate surface area is 117 Å². The summed E-state index contributed by atoms with van der Waals surface area (Å²) in [5.41, 5.74) is 0. The maximum Gasteiger partial charge on any atom is 0.331 e. The average molecular weight is 284 g/mol. The van der Waals surface area contributed by atoms with Crippen LogP contribution in [-0.2, 0) is 23.9 Å². The van der Waals surface area contributed by atoms with E-state index in [2.05, 4.69) is 0 Å². The minimum Gasteiger partial charge on any atom is -0.463 e. The van der Waals surface area contributed by atoms with Crippen LogP contribution < -0.4 is 0 Å². The zero-order valence-electron chi connectivity index (χ0n) is 11.7. The number of cyclic esters (lactones) is 2. The lowest BCUT2D eigenvalue weighted by atomic mass is 10.1. The maximum absolute atomic E-state index is 11.7. The van der Waals surface area contributed by atoms with Crippen LogP contribution in [0.4, 0.5) is 0 Å². The molecule has 0 fully saturated rings. The number of carbonyl (C=O) groups is 3. The fraction of sp³-hybridized carbons (Fsp3) is 0.643. The molecule has 0 aromatic carbocycles. The predicted molar refractivity (Wildman–Crippen MR) is 69.7 cm³/mol. The second kappa shape index (κ2) is 7.79. The Kier molecular flexibility index (Phi) is 6.38. The minimum atomic E-state index is -0.919. The van der Waals surface area contributed by atoms with Crippen molar-refractivity contribution in [1.82, 2.24) is 0 Å². The van der Waals surface area contributed by atoms with Gasteiger partial charge in [0, 0.05) is 12.5 Å². The molecule has 0 bridgehead atoms. The number of rotatable bonds is 0. The van der Waals surface area contributed by atoms with Crippen LogP contribution >= 0.6 is 0 Å². The van der Waals surface area contributed by atoms with Crippen molar-refractivity contribution in [3.05, 3.63) is 12.2 Å². The third-order valence-electron chi connectivity index (χ3n) is 2.98. The van der Waals surface area contributed by atoms with E-state index in [1.54, 1.807) is 6.92 Å². The van der Waals surface area contributed by atoms with Gasteiger partial charge in [-0.25, -0.2) is 4.79 Å². The first-order valence-corrected chi connectivity index (χ1v) is 6.67. The molecule has 20 heavy (non-hydrogen) atoms. The van der Waals surface area contributed by atoms with Crippen LogP contribution in [0.5, 0.6) is 0 Å². The molecule has 1 rings (SSSR count). The largest absolute Gasteiger partial charge is 0.463 e. The van der Waals surface area contributed by atoms with Crippen molar-refractivity contribution in [2.45, 2.75) is 57.8 Å². The molecule has 0 radical (unpaired) electrons. The van der Waals surface area contributed by atoms with Crippen molar-refractivity contribution < 1.29 is 29.0 Å². The fourth-order valence-electron chi connectivity index (χ4n) is 1.74. The van der Waals surface area contributed by atoms with Crippen LogP contribution in [0, 0.1) is 0 Å². The van der Waals surface area contributed by atoms with Gasteiger partial charge in [-0.2, -0.15) is 0 Å². The second-order valence-electron chi connectivity index (χ2n) is 4.85. The van der Waals surface area contributed by atoms with Crippen molar-refractivity contribution in [2.75, 3.05) is 0 Å². The van der Waals surface area contributed by atoms with E-state index in [1.807, 2.05) is 0 Å². The van der Waals surface area contributed by atoms with Crippen LogP contribution in [0.3, 0.4) is 0 Å². The second-order valence-corrected chi connectivity index (χ2v) is 4.85. The normalized spacial score (nSPS) is 31.9. The van der Waals surface area contributed by atoms with E-state index in [9.17, 15) is 19.5 Å². The smallest absolute Gasteiger partial charge is 0.331 e. The molecule has 1 unspecified atom stereocenters. The topological polar surface area (TPSA) is 89.9 Å². The number of ketones is 1. The molecule has 0 spiro atoms. The first-order chi connectivity index (χ1) is 9.38. The molecule has 0 aromatic rings. The van der Waals surface area contributed by atoms with Crippen LogP contribution in [0.25, 0.3) is 0 Å².